The molecule has 2 unspecified atom stereocenters. The molecule has 2 N–H and O–H groups in total. The van der Waals surface area contributed by atoms with Crippen molar-refractivity contribution >= 4 is 28.9 Å². The maximum atomic E-state index is 6.12. The Morgan fingerprint density at radius 3 is 3.06 bits per heavy atom. The van der Waals surface area contributed by atoms with Gasteiger partial charge in [0.05, 0.1) is 6.04 Å². The third kappa shape index (κ3) is 1.68. The van der Waals surface area contributed by atoms with E-state index in [-0.39, 0.29) is 0 Å². The van der Waals surface area contributed by atoms with Gasteiger partial charge >= 0.3 is 0 Å². The lowest BCUT2D eigenvalue weighted by molar-refractivity contribution is 0.546. The second-order valence-corrected chi connectivity index (χ2v) is 5.99. The molecule has 0 aliphatic heterocycles. The molecule has 18 heavy (non-hydrogen) atoms. The summed E-state index contributed by atoms with van der Waals surface area (Å²) < 4.78 is 2.15. The van der Waals surface area contributed by atoms with E-state index in [0.717, 1.165) is 16.7 Å². The first-order valence-corrected chi connectivity index (χ1v) is 7.63. The molecule has 2 aromatic rings. The Balaban J connectivity index is 2.16. The number of thioether (sulfide) groups is 1. The Morgan fingerprint density at radius 1 is 1.44 bits per heavy atom. The largest absolute Gasteiger partial charge is 0.369 e. The van der Waals surface area contributed by atoms with E-state index in [0.29, 0.717) is 17.2 Å². The number of hydrogen-bond acceptors (Lipinski definition) is 4. The molecule has 2 aromatic heterocycles. The average molecular weight is 262 g/mol. The number of aromatic nitrogens is 3. The summed E-state index contributed by atoms with van der Waals surface area (Å²) in [5.74, 6) is 0.609. The Labute approximate surface area is 111 Å². The lowest BCUT2D eigenvalue weighted by Crippen LogP contribution is -2.18. The molecule has 1 saturated carbocycles. The number of anilines is 1. The normalized spacial score (nSPS) is 23.9. The van der Waals surface area contributed by atoms with Gasteiger partial charge in [-0.3, -0.25) is 4.57 Å². The van der Waals surface area contributed by atoms with E-state index in [1.165, 1.54) is 19.3 Å². The van der Waals surface area contributed by atoms with Gasteiger partial charge in [0.2, 0.25) is 5.95 Å². The third-order valence-electron chi connectivity index (χ3n) is 3.86. The van der Waals surface area contributed by atoms with Crippen molar-refractivity contribution in [2.75, 3.05) is 12.0 Å². The predicted octanol–water partition coefficient (Wildman–Crippen LogP) is 2.78. The number of rotatable bonds is 2. The van der Waals surface area contributed by atoms with Crippen molar-refractivity contribution in [1.29, 1.82) is 0 Å². The highest BCUT2D eigenvalue weighted by Gasteiger charge is 2.31. The van der Waals surface area contributed by atoms with Crippen molar-refractivity contribution in [1.82, 2.24) is 14.5 Å². The van der Waals surface area contributed by atoms with Crippen molar-refractivity contribution in [2.24, 2.45) is 0 Å². The molecule has 4 nitrogen and oxygen atoms in total. The lowest BCUT2D eigenvalue weighted by Gasteiger charge is -2.20. The number of nitrogens with zero attached hydrogens (tertiary/aromatic N) is 3. The second-order valence-electron chi connectivity index (χ2n) is 4.91. The molecule has 0 spiro atoms. The van der Waals surface area contributed by atoms with E-state index >= 15 is 0 Å². The van der Waals surface area contributed by atoms with E-state index in [2.05, 4.69) is 27.7 Å². The fourth-order valence-corrected chi connectivity index (χ4v) is 3.91. The van der Waals surface area contributed by atoms with Gasteiger partial charge in [-0.05, 0) is 37.7 Å². The lowest BCUT2D eigenvalue weighted by atomic mass is 10.2. The fourth-order valence-electron chi connectivity index (χ4n) is 2.93. The van der Waals surface area contributed by atoms with Crippen LogP contribution in [0.25, 0.3) is 11.2 Å². The van der Waals surface area contributed by atoms with Crippen LogP contribution >= 0.6 is 11.8 Å². The zero-order valence-electron chi connectivity index (χ0n) is 10.8. The molecule has 0 aromatic carbocycles. The number of aryl methyl sites for hydroxylation is 1. The minimum atomic E-state index is 0.444. The van der Waals surface area contributed by atoms with Crippen molar-refractivity contribution < 1.29 is 0 Å². The summed E-state index contributed by atoms with van der Waals surface area (Å²) >= 11 is 1.93. The summed E-state index contributed by atoms with van der Waals surface area (Å²) in [6, 6.07) is 2.43. The summed E-state index contributed by atoms with van der Waals surface area (Å²) in [5.41, 5.74) is 9.15. The van der Waals surface area contributed by atoms with Crippen LogP contribution in [0.5, 0.6) is 0 Å². The van der Waals surface area contributed by atoms with Crippen LogP contribution in [0.15, 0.2) is 12.3 Å². The van der Waals surface area contributed by atoms with Gasteiger partial charge in [0.25, 0.3) is 0 Å². The molecule has 0 amide bonds. The van der Waals surface area contributed by atoms with Crippen LogP contribution in [0.3, 0.4) is 0 Å². The Bertz CT molecular complexity index is 578. The highest BCUT2D eigenvalue weighted by Crippen LogP contribution is 2.40. The second kappa shape index (κ2) is 4.46. The van der Waals surface area contributed by atoms with Gasteiger partial charge in [0.1, 0.15) is 5.52 Å². The molecule has 0 radical (unpaired) electrons. The Morgan fingerprint density at radius 2 is 2.28 bits per heavy atom. The van der Waals surface area contributed by atoms with Crippen LogP contribution in [-0.2, 0) is 0 Å². The molecule has 2 heterocycles. The van der Waals surface area contributed by atoms with E-state index in [1.54, 1.807) is 0 Å². The Kier molecular flexibility index (Phi) is 2.93. The summed E-state index contributed by atoms with van der Waals surface area (Å²) in [5, 5.41) is 0.631. The number of nitrogen functional groups attached to an aromatic ring is 1. The molecule has 96 valence electrons. The molecule has 2 atom stereocenters. The number of fused-ring (bicyclic) bond motifs is 1. The van der Waals surface area contributed by atoms with Gasteiger partial charge in [-0.15, -0.1) is 0 Å². The van der Waals surface area contributed by atoms with Gasteiger partial charge in [-0.2, -0.15) is 11.8 Å². The SMILES string of the molecule is CSC1CCCC1n1c(N)nc2c(C)ccnc21. The van der Waals surface area contributed by atoms with E-state index < -0.39 is 0 Å². The number of imidazole rings is 1. The van der Waals surface area contributed by atoms with Crippen LogP contribution < -0.4 is 5.73 Å². The van der Waals surface area contributed by atoms with Crippen molar-refractivity contribution in [3.8, 4) is 0 Å². The first-order valence-electron chi connectivity index (χ1n) is 6.34. The van der Waals surface area contributed by atoms with Gasteiger partial charge in [0.15, 0.2) is 5.65 Å². The van der Waals surface area contributed by atoms with Gasteiger partial charge in [-0.25, -0.2) is 9.97 Å². The molecule has 1 aliphatic carbocycles. The number of nitrogens with two attached hydrogens (primary N) is 1. The first-order chi connectivity index (χ1) is 8.72. The quantitative estimate of drug-likeness (QED) is 0.904. The van der Waals surface area contributed by atoms with Gasteiger partial charge in [-0.1, -0.05) is 6.42 Å². The summed E-state index contributed by atoms with van der Waals surface area (Å²) in [7, 11) is 0. The smallest absolute Gasteiger partial charge is 0.202 e. The van der Waals surface area contributed by atoms with Gasteiger partial charge < -0.3 is 5.73 Å². The van der Waals surface area contributed by atoms with Crippen molar-refractivity contribution in [3.05, 3.63) is 17.8 Å². The molecular weight excluding hydrogens is 244 g/mol. The zero-order valence-corrected chi connectivity index (χ0v) is 11.6. The molecule has 0 saturated heterocycles. The summed E-state index contributed by atoms with van der Waals surface area (Å²) in [6.07, 6.45) is 7.73. The van der Waals surface area contributed by atoms with E-state index in [1.807, 2.05) is 24.0 Å². The molecule has 5 heteroatoms. The molecular formula is C13H18N4S. The molecule has 1 fully saturated rings. The maximum absolute atomic E-state index is 6.12. The van der Waals surface area contributed by atoms with Crippen LogP contribution in [0.4, 0.5) is 5.95 Å². The van der Waals surface area contributed by atoms with Gasteiger partial charge in [0, 0.05) is 11.4 Å². The Hall–Kier alpha value is -1.23. The monoisotopic (exact) mass is 262 g/mol. The summed E-state index contributed by atoms with van der Waals surface area (Å²) in [4.78, 5) is 8.98. The minimum Gasteiger partial charge on any atom is -0.369 e. The topological polar surface area (TPSA) is 56.7 Å². The maximum Gasteiger partial charge on any atom is 0.202 e. The predicted molar refractivity (Wildman–Crippen MR) is 76.9 cm³/mol. The third-order valence-corrected chi connectivity index (χ3v) is 5.02. The van der Waals surface area contributed by atoms with E-state index in [9.17, 15) is 0 Å². The highest BCUT2D eigenvalue weighted by atomic mass is 32.2. The average Bonchev–Trinajstić information content (AvgIpc) is 2.93. The molecule has 1 aliphatic rings. The standard InChI is InChI=1S/C13H18N4S/c1-8-6-7-15-12-11(8)16-13(14)17(12)9-4-3-5-10(9)18-2/h6-7,9-10H,3-5H2,1-2H3,(H2,14,16). The van der Waals surface area contributed by atoms with Crippen LogP contribution in [0, 0.1) is 6.92 Å². The van der Waals surface area contributed by atoms with Crippen LogP contribution in [0.2, 0.25) is 0 Å². The number of pyridine rings is 1. The molecule has 3 rings (SSSR count). The van der Waals surface area contributed by atoms with E-state index in [4.69, 9.17) is 5.73 Å². The minimum absolute atomic E-state index is 0.444. The van der Waals surface area contributed by atoms with Crippen LogP contribution in [0.1, 0.15) is 30.9 Å². The fraction of sp³-hybridized carbons (Fsp3) is 0.538. The summed E-state index contributed by atoms with van der Waals surface area (Å²) in [6.45, 7) is 2.06. The van der Waals surface area contributed by atoms with Crippen LogP contribution in [-0.4, -0.2) is 26.0 Å². The molecule has 0 bridgehead atoms. The van der Waals surface area contributed by atoms with Crippen molar-refractivity contribution in [3.63, 3.8) is 0 Å². The zero-order chi connectivity index (χ0) is 12.7. The first kappa shape index (κ1) is 11.8. The highest BCUT2D eigenvalue weighted by molar-refractivity contribution is 7.99. The number of hydrogen-bond donors (Lipinski definition) is 1. The van der Waals surface area contributed by atoms with Crippen molar-refractivity contribution in [2.45, 2.75) is 37.5 Å².